The fourth-order valence-corrected chi connectivity index (χ4v) is 4.65. The van der Waals surface area contributed by atoms with Gasteiger partial charge in [-0.25, -0.2) is 8.42 Å². The van der Waals surface area contributed by atoms with Crippen molar-refractivity contribution in [3.05, 3.63) is 58.1 Å². The van der Waals surface area contributed by atoms with E-state index in [0.29, 0.717) is 12.3 Å². The first kappa shape index (κ1) is 28.7. The number of carbonyl (C=O) groups excluding carboxylic acids is 2. The predicted octanol–water partition coefficient (Wildman–Crippen LogP) is 3.96. The molecule has 2 aromatic rings. The first-order chi connectivity index (χ1) is 16.3. The number of nitrogens with one attached hydrogen (secondary N) is 1. The smallest absolute Gasteiger partial charge is 0.244 e. The highest BCUT2D eigenvalue weighted by Gasteiger charge is 2.30. The van der Waals surface area contributed by atoms with Crippen LogP contribution in [0.25, 0.3) is 0 Å². The van der Waals surface area contributed by atoms with E-state index in [2.05, 4.69) is 5.32 Å². The van der Waals surface area contributed by atoms with Gasteiger partial charge in [-0.1, -0.05) is 49.2 Å². The van der Waals surface area contributed by atoms with Gasteiger partial charge in [-0.3, -0.25) is 13.9 Å². The second-order valence-electron chi connectivity index (χ2n) is 8.59. The van der Waals surface area contributed by atoms with Crippen molar-refractivity contribution in [1.82, 2.24) is 10.2 Å². The number of sulfonamides is 1. The first-order valence-corrected chi connectivity index (χ1v) is 13.6. The molecule has 0 radical (unpaired) electrons. The van der Waals surface area contributed by atoms with Crippen LogP contribution < -0.4 is 14.4 Å². The minimum absolute atomic E-state index is 0.0696. The fourth-order valence-electron chi connectivity index (χ4n) is 3.30. The Morgan fingerprint density at radius 1 is 1.06 bits per heavy atom. The minimum Gasteiger partial charge on any atom is -0.497 e. The maximum Gasteiger partial charge on any atom is 0.244 e. The summed E-state index contributed by atoms with van der Waals surface area (Å²) in [5.41, 5.74) is 0.870. The van der Waals surface area contributed by atoms with Gasteiger partial charge < -0.3 is 15.0 Å². The van der Waals surface area contributed by atoms with Crippen LogP contribution >= 0.6 is 23.2 Å². The molecule has 11 heteroatoms. The van der Waals surface area contributed by atoms with Crippen LogP contribution in [-0.4, -0.2) is 57.6 Å². The third kappa shape index (κ3) is 8.59. The van der Waals surface area contributed by atoms with E-state index in [0.717, 1.165) is 16.1 Å². The lowest BCUT2D eigenvalue weighted by atomic mass is 10.1. The molecule has 1 atom stereocenters. The first-order valence-electron chi connectivity index (χ1n) is 11.0. The molecule has 0 aromatic heterocycles. The number of hydrogen-bond donors (Lipinski definition) is 1. The van der Waals surface area contributed by atoms with Crippen molar-refractivity contribution in [2.75, 3.05) is 30.8 Å². The molecule has 0 spiro atoms. The van der Waals surface area contributed by atoms with Gasteiger partial charge in [0.1, 0.15) is 18.3 Å². The molecule has 2 aromatic carbocycles. The summed E-state index contributed by atoms with van der Waals surface area (Å²) in [6, 6.07) is 10.5. The van der Waals surface area contributed by atoms with Crippen LogP contribution in [-0.2, 0) is 26.2 Å². The third-order valence-corrected chi connectivity index (χ3v) is 6.73. The number of benzene rings is 2. The van der Waals surface area contributed by atoms with Crippen molar-refractivity contribution < 1.29 is 22.7 Å². The van der Waals surface area contributed by atoms with Crippen LogP contribution in [0.4, 0.5) is 5.69 Å². The van der Waals surface area contributed by atoms with Crippen LogP contribution in [0.1, 0.15) is 26.3 Å². The zero-order valence-electron chi connectivity index (χ0n) is 20.4. The van der Waals surface area contributed by atoms with Crippen LogP contribution in [0.15, 0.2) is 42.5 Å². The lowest BCUT2D eigenvalue weighted by Gasteiger charge is -2.31. The standard InChI is InChI=1S/C24H31Cl2N3O5S/c1-16(2)13-27-24(31)17(3)28(14-18-7-6-8-22(9-18)34-4)23(30)15-29(35(5,32)33)21-11-19(25)10-20(26)12-21/h6-12,16-17H,13-15H2,1-5H3,(H,27,31)/t17-/m1/s1. The van der Waals surface area contributed by atoms with Crippen molar-refractivity contribution >= 4 is 50.7 Å². The lowest BCUT2D eigenvalue weighted by molar-refractivity contribution is -0.139. The summed E-state index contributed by atoms with van der Waals surface area (Å²) in [7, 11) is -2.35. The molecule has 0 saturated carbocycles. The van der Waals surface area contributed by atoms with Gasteiger partial charge in [-0.15, -0.1) is 0 Å². The molecule has 1 N–H and O–H groups in total. The van der Waals surface area contributed by atoms with Gasteiger partial charge >= 0.3 is 0 Å². The molecule has 2 amide bonds. The number of carbonyl (C=O) groups is 2. The minimum atomic E-state index is -3.88. The fraction of sp³-hybridized carbons (Fsp3) is 0.417. The topological polar surface area (TPSA) is 96.0 Å². The third-order valence-electron chi connectivity index (χ3n) is 5.15. The number of methoxy groups -OCH3 is 1. The Morgan fingerprint density at radius 3 is 2.23 bits per heavy atom. The molecule has 8 nitrogen and oxygen atoms in total. The highest BCUT2D eigenvalue weighted by molar-refractivity contribution is 7.92. The number of hydrogen-bond acceptors (Lipinski definition) is 5. The molecule has 0 saturated heterocycles. The second-order valence-corrected chi connectivity index (χ2v) is 11.4. The van der Waals surface area contributed by atoms with E-state index in [1.165, 1.54) is 30.2 Å². The predicted molar refractivity (Wildman–Crippen MR) is 140 cm³/mol. The average molecular weight is 545 g/mol. The van der Waals surface area contributed by atoms with Gasteiger partial charge in [0.2, 0.25) is 21.8 Å². The quantitative estimate of drug-likeness (QED) is 0.462. The highest BCUT2D eigenvalue weighted by Crippen LogP contribution is 2.27. The maximum atomic E-state index is 13.5. The summed E-state index contributed by atoms with van der Waals surface area (Å²) in [6.07, 6.45) is 0.986. The molecule has 0 bridgehead atoms. The Hall–Kier alpha value is -2.49. The van der Waals surface area contributed by atoms with Crippen molar-refractivity contribution in [2.24, 2.45) is 5.92 Å². The molecule has 0 aliphatic carbocycles. The zero-order chi connectivity index (χ0) is 26.3. The molecule has 2 rings (SSSR count). The molecule has 192 valence electrons. The number of anilines is 1. The molecule has 35 heavy (non-hydrogen) atoms. The van der Waals surface area contributed by atoms with Crippen molar-refractivity contribution in [3.63, 3.8) is 0 Å². The Kier molecular flexibility index (Phi) is 10.2. The van der Waals surface area contributed by atoms with E-state index in [1.807, 2.05) is 13.8 Å². The molecule has 0 fully saturated rings. The van der Waals surface area contributed by atoms with Gasteiger partial charge in [0.05, 0.1) is 19.1 Å². The summed E-state index contributed by atoms with van der Waals surface area (Å²) in [4.78, 5) is 27.7. The van der Waals surface area contributed by atoms with E-state index in [-0.39, 0.29) is 34.1 Å². The number of ether oxygens (including phenoxy) is 1. The van der Waals surface area contributed by atoms with E-state index in [4.69, 9.17) is 27.9 Å². The van der Waals surface area contributed by atoms with Crippen molar-refractivity contribution in [3.8, 4) is 5.75 Å². The number of amides is 2. The second kappa shape index (κ2) is 12.5. The molecule has 0 aliphatic heterocycles. The van der Waals surface area contributed by atoms with E-state index >= 15 is 0 Å². The summed E-state index contributed by atoms with van der Waals surface area (Å²) < 4.78 is 31.4. The van der Waals surface area contributed by atoms with Gasteiger partial charge in [0, 0.05) is 23.1 Å². The number of rotatable bonds is 11. The van der Waals surface area contributed by atoms with Crippen LogP contribution in [0.3, 0.4) is 0 Å². The van der Waals surface area contributed by atoms with Crippen molar-refractivity contribution in [1.29, 1.82) is 0 Å². The SMILES string of the molecule is COc1cccc(CN(C(=O)CN(c2cc(Cl)cc(Cl)c2)S(C)(=O)=O)[C@H](C)C(=O)NCC(C)C)c1. The van der Waals surface area contributed by atoms with Crippen molar-refractivity contribution in [2.45, 2.75) is 33.4 Å². The van der Waals surface area contributed by atoms with Crippen LogP contribution in [0.2, 0.25) is 10.0 Å². The van der Waals surface area contributed by atoms with E-state index in [1.54, 1.807) is 31.2 Å². The van der Waals surface area contributed by atoms with Gasteiger partial charge in [-0.2, -0.15) is 0 Å². The lowest BCUT2D eigenvalue weighted by Crippen LogP contribution is -2.51. The van der Waals surface area contributed by atoms with Gasteiger partial charge in [0.25, 0.3) is 0 Å². The Balaban J connectivity index is 2.41. The van der Waals surface area contributed by atoms with Gasteiger partial charge in [-0.05, 0) is 48.7 Å². The Morgan fingerprint density at radius 2 is 1.69 bits per heavy atom. The summed E-state index contributed by atoms with van der Waals surface area (Å²) in [5, 5.41) is 3.28. The van der Waals surface area contributed by atoms with E-state index < -0.39 is 28.5 Å². The Labute approximate surface area is 217 Å². The number of halogens is 2. The maximum absolute atomic E-state index is 13.5. The molecular formula is C24H31Cl2N3O5S. The van der Waals surface area contributed by atoms with Crippen LogP contribution in [0, 0.1) is 5.92 Å². The molecule has 0 unspecified atom stereocenters. The zero-order valence-corrected chi connectivity index (χ0v) is 22.7. The average Bonchev–Trinajstić information content (AvgIpc) is 2.77. The monoisotopic (exact) mass is 543 g/mol. The molecule has 0 heterocycles. The summed E-state index contributed by atoms with van der Waals surface area (Å²) in [5.74, 6) is -0.0895. The molecule has 0 aliphatic rings. The van der Waals surface area contributed by atoms with Gasteiger partial charge in [0.15, 0.2) is 0 Å². The normalized spacial score (nSPS) is 12.2. The summed E-state index contributed by atoms with van der Waals surface area (Å²) >= 11 is 12.1. The summed E-state index contributed by atoms with van der Waals surface area (Å²) in [6.45, 7) is 5.51. The van der Waals surface area contributed by atoms with Crippen LogP contribution in [0.5, 0.6) is 5.75 Å². The Bertz CT molecular complexity index is 1140. The molecular weight excluding hydrogens is 513 g/mol. The largest absolute Gasteiger partial charge is 0.497 e. The number of nitrogens with zero attached hydrogens (tertiary/aromatic N) is 2. The van der Waals surface area contributed by atoms with E-state index in [9.17, 15) is 18.0 Å². The highest BCUT2D eigenvalue weighted by atomic mass is 35.5.